The Labute approximate surface area is 611 Å². The van der Waals surface area contributed by atoms with Gasteiger partial charge in [-0.1, -0.05) is 159 Å². The molecule has 3 fully saturated rings. The molecule has 0 unspecified atom stereocenters. The van der Waals surface area contributed by atoms with E-state index in [4.69, 9.17) is 36.9 Å². The van der Waals surface area contributed by atoms with Gasteiger partial charge >= 0.3 is 11.9 Å². The number of hydrogen-bond donors (Lipinski definition) is 1. The molecule has 16 heteroatoms. The van der Waals surface area contributed by atoms with Crippen molar-refractivity contribution in [3.8, 4) is 51.6 Å². The van der Waals surface area contributed by atoms with E-state index in [0.29, 0.717) is 56.4 Å². The number of carbonyl (C=O) groups is 2. The zero-order chi connectivity index (χ0) is 72.0. The van der Waals surface area contributed by atoms with Gasteiger partial charge in [-0.3, -0.25) is 19.4 Å². The van der Waals surface area contributed by atoms with Crippen molar-refractivity contribution < 1.29 is 46.5 Å². The predicted octanol–water partition coefficient (Wildman–Crippen LogP) is 16.6. The molecule has 0 spiro atoms. The molecule has 1 N–H and O–H groups in total. The first-order valence-corrected chi connectivity index (χ1v) is 36.5. The number of benzene rings is 8. The minimum Gasteiger partial charge on any atom is -0.493 e. The number of oxazole rings is 3. The highest BCUT2D eigenvalue weighted by molar-refractivity contribution is 5.73. The number of aryl methyl sites for hydroxylation is 3. The highest BCUT2D eigenvalue weighted by atomic mass is 16.5. The first-order valence-electron chi connectivity index (χ1n) is 36.5. The second-order valence-electron chi connectivity index (χ2n) is 27.5. The molecule has 3 saturated heterocycles. The summed E-state index contributed by atoms with van der Waals surface area (Å²) in [6.45, 7) is 14.0. The maximum atomic E-state index is 12.3. The lowest BCUT2D eigenvalue weighted by molar-refractivity contribution is -0.145. The van der Waals surface area contributed by atoms with Gasteiger partial charge in [-0.25, -0.2) is 15.0 Å². The lowest BCUT2D eigenvalue weighted by atomic mass is 9.99. The number of methoxy groups -OCH3 is 2. The summed E-state index contributed by atoms with van der Waals surface area (Å²) in [7, 11) is 2.95. The molecule has 8 aromatic carbocycles. The zero-order valence-corrected chi connectivity index (χ0v) is 60.7. The van der Waals surface area contributed by atoms with Crippen molar-refractivity contribution >= 4 is 11.9 Å². The monoisotopic (exact) mass is 1400 g/mol. The van der Waals surface area contributed by atoms with Crippen LogP contribution in [-0.4, -0.2) is 108 Å². The van der Waals surface area contributed by atoms with Gasteiger partial charge in [0.25, 0.3) is 0 Å². The molecule has 3 aromatic heterocycles. The molecule has 0 aliphatic carbocycles. The van der Waals surface area contributed by atoms with E-state index in [0.717, 1.165) is 145 Å². The van der Waals surface area contributed by atoms with Crippen LogP contribution in [0.4, 0.5) is 0 Å². The summed E-state index contributed by atoms with van der Waals surface area (Å²) >= 11 is 0. The van der Waals surface area contributed by atoms with Crippen LogP contribution in [0.1, 0.15) is 88.4 Å². The van der Waals surface area contributed by atoms with Crippen LogP contribution >= 0.6 is 0 Å². The highest BCUT2D eigenvalue weighted by Crippen LogP contribution is 2.33. The van der Waals surface area contributed by atoms with Gasteiger partial charge in [0.15, 0.2) is 0 Å². The largest absolute Gasteiger partial charge is 0.493 e. The standard InChI is InChI=1S/2C32H34N2O4.C24H28N2O2/c2*1-23-30(33-31(38-23)26-11-7-4-8-12-26)17-18-37-29-15-13-24(14-16-29)19-28-20-27(32(35)36-2)22-34(28)21-25-9-5-3-6-10-25;1-17-14-21(25-16-17)15-19-8-10-22(11-9-19)27-13-12-23-18(2)28-24(26-23)20-6-4-3-5-7-20/h2*3-16,27-28H,17-22H2,1-2H3;3-11,17,21,25H,12-16H2,1-2H3/t27-,28+;27-,28-;17-,21+/m011/s1. The van der Waals surface area contributed by atoms with Crippen molar-refractivity contribution in [2.45, 2.75) is 117 Å². The third kappa shape index (κ3) is 20.7. The lowest BCUT2D eigenvalue weighted by Gasteiger charge is -2.24. The van der Waals surface area contributed by atoms with Gasteiger partial charge in [0, 0.05) is 80.3 Å². The van der Waals surface area contributed by atoms with E-state index in [2.05, 4.69) is 134 Å². The Morgan fingerprint density at radius 2 is 0.731 bits per heavy atom. The summed E-state index contributed by atoms with van der Waals surface area (Å²) < 4.78 is 45.6. The van der Waals surface area contributed by atoms with Crippen molar-refractivity contribution in [2.75, 3.05) is 53.7 Å². The first-order chi connectivity index (χ1) is 50.8. The average Bonchev–Trinajstić information content (AvgIpc) is 1.64. The molecule has 0 bridgehead atoms. The van der Waals surface area contributed by atoms with E-state index in [-0.39, 0.29) is 35.9 Å². The number of likely N-dealkylation sites (tertiary alicyclic amines) is 2. The maximum absolute atomic E-state index is 12.3. The van der Waals surface area contributed by atoms with Crippen molar-refractivity contribution in [3.63, 3.8) is 0 Å². The van der Waals surface area contributed by atoms with Crippen LogP contribution in [-0.2, 0) is 70.7 Å². The smallest absolute Gasteiger partial charge is 0.310 e. The maximum Gasteiger partial charge on any atom is 0.310 e. The van der Waals surface area contributed by atoms with Crippen molar-refractivity contribution in [3.05, 3.63) is 287 Å². The molecule has 0 radical (unpaired) electrons. The Morgan fingerprint density at radius 1 is 0.413 bits per heavy atom. The number of hydrogen-bond acceptors (Lipinski definition) is 16. The Kier molecular flexibility index (Phi) is 25.9. The van der Waals surface area contributed by atoms with Crippen LogP contribution in [0.5, 0.6) is 17.2 Å². The topological polar surface area (TPSA) is 177 Å². The number of rotatable bonds is 27. The second-order valence-corrected chi connectivity index (χ2v) is 27.5. The fourth-order valence-electron chi connectivity index (χ4n) is 14.2. The SMILES string of the molecule is COC(=O)[C@@H]1C[C@@H](Cc2ccc(OCCc3nc(-c4ccccc4)oc3C)cc2)N(Cc2ccccc2)C1.COC(=O)[C@H]1C[C@@H](Cc2ccc(OCCc3nc(-c4ccccc4)oc3C)cc2)N(Cc2ccccc2)C1.Cc1oc(-c2ccccc2)nc1CCOc1ccc(C[C@@H]2C[C@@H](C)CN2)cc1. The fourth-order valence-corrected chi connectivity index (χ4v) is 14.2. The molecule has 6 atom stereocenters. The second kappa shape index (κ2) is 36.7. The number of nitrogens with zero attached hydrogens (tertiary/aromatic N) is 5. The van der Waals surface area contributed by atoms with E-state index < -0.39 is 0 Å². The van der Waals surface area contributed by atoms with E-state index in [9.17, 15) is 9.59 Å². The van der Waals surface area contributed by atoms with Crippen LogP contribution in [0.3, 0.4) is 0 Å². The van der Waals surface area contributed by atoms with E-state index in [1.165, 1.54) is 48.5 Å². The molecule has 0 saturated carbocycles. The summed E-state index contributed by atoms with van der Waals surface area (Å²) in [5.41, 5.74) is 12.1. The van der Waals surface area contributed by atoms with Gasteiger partial charge in [0.05, 0.1) is 63.0 Å². The van der Waals surface area contributed by atoms with Gasteiger partial charge in [-0.15, -0.1) is 0 Å². The van der Waals surface area contributed by atoms with Crippen LogP contribution in [0, 0.1) is 38.5 Å². The molecule has 11 aromatic rings. The first kappa shape index (κ1) is 73.4. The number of ether oxygens (including phenoxy) is 5. The Balaban J connectivity index is 0.000000149. The van der Waals surface area contributed by atoms with Gasteiger partial charge in [0.2, 0.25) is 17.7 Å². The highest BCUT2D eigenvalue weighted by Gasteiger charge is 2.38. The Bertz CT molecular complexity index is 4210. The lowest BCUT2D eigenvalue weighted by Crippen LogP contribution is -2.31. The quantitative estimate of drug-likeness (QED) is 0.0481. The van der Waals surface area contributed by atoms with Crippen molar-refractivity contribution in [1.29, 1.82) is 0 Å². The molecule has 3 aliphatic rings. The number of aromatic nitrogens is 3. The normalized spacial score (nSPS) is 17.9. The summed E-state index contributed by atoms with van der Waals surface area (Å²) in [5, 5.41) is 3.59. The number of carbonyl (C=O) groups excluding carboxylic acids is 2. The molecule has 0 amide bonds. The minimum absolute atomic E-state index is 0.0845. The van der Waals surface area contributed by atoms with Crippen LogP contribution < -0.4 is 19.5 Å². The van der Waals surface area contributed by atoms with Crippen molar-refractivity contribution in [2.24, 2.45) is 17.8 Å². The average molecular weight is 1400 g/mol. The predicted molar refractivity (Wildman–Crippen MR) is 405 cm³/mol. The number of nitrogens with one attached hydrogen (secondary N) is 1. The van der Waals surface area contributed by atoms with Crippen LogP contribution in [0.25, 0.3) is 34.4 Å². The van der Waals surface area contributed by atoms with Gasteiger partial charge in [0.1, 0.15) is 34.5 Å². The molecule has 3 aliphatic heterocycles. The molecule has 538 valence electrons. The molecule has 14 rings (SSSR count). The Hall–Kier alpha value is -10.4. The number of esters is 2. The van der Waals surface area contributed by atoms with Crippen LogP contribution in [0.15, 0.2) is 238 Å². The fraction of sp³-hybridized carbons (Fsp3) is 0.330. The third-order valence-corrected chi connectivity index (χ3v) is 19.8. The van der Waals surface area contributed by atoms with Gasteiger partial charge in [-0.05, 0) is 172 Å². The van der Waals surface area contributed by atoms with Gasteiger partial charge < -0.3 is 42.3 Å². The van der Waals surface area contributed by atoms with Gasteiger partial charge in [-0.2, -0.15) is 0 Å². The zero-order valence-electron chi connectivity index (χ0n) is 60.7. The van der Waals surface area contributed by atoms with Crippen LogP contribution in [0.2, 0.25) is 0 Å². The molecule has 104 heavy (non-hydrogen) atoms. The van der Waals surface area contributed by atoms with Crippen molar-refractivity contribution in [1.82, 2.24) is 30.1 Å². The summed E-state index contributed by atoms with van der Waals surface area (Å²) in [4.78, 5) is 43.3. The van der Waals surface area contributed by atoms with E-state index in [1.807, 2.05) is 148 Å². The minimum atomic E-state index is -0.118. The summed E-state index contributed by atoms with van der Waals surface area (Å²) in [6.07, 6.45) is 7.80. The van der Waals surface area contributed by atoms with E-state index >= 15 is 0 Å². The molecular formula is C88H96N6O10. The molecule has 6 heterocycles. The summed E-state index contributed by atoms with van der Waals surface area (Å²) in [6, 6.07) is 76.9. The van der Waals surface area contributed by atoms with E-state index in [1.54, 1.807) is 0 Å². The summed E-state index contributed by atoms with van der Waals surface area (Å²) in [5.74, 6) is 7.41. The molecule has 16 nitrogen and oxygen atoms in total. The Morgan fingerprint density at radius 3 is 1.04 bits per heavy atom. The molecular weight excluding hydrogens is 1300 g/mol. The third-order valence-electron chi connectivity index (χ3n) is 19.8.